The molecule has 0 bridgehead atoms. The topological polar surface area (TPSA) is 72.8 Å². The first-order valence-electron chi connectivity index (χ1n) is 8.17. The average molecular weight is 425 g/mol. The molecule has 3 aromatic rings. The van der Waals surface area contributed by atoms with Gasteiger partial charge in [-0.2, -0.15) is 0 Å². The summed E-state index contributed by atoms with van der Waals surface area (Å²) in [5.41, 5.74) is 1.75. The van der Waals surface area contributed by atoms with E-state index in [1.165, 1.54) is 6.33 Å². The number of benzene rings is 1. The Hall–Kier alpha value is -2.15. The zero-order chi connectivity index (χ0) is 19.2. The van der Waals surface area contributed by atoms with Gasteiger partial charge >= 0.3 is 0 Å². The molecule has 0 amide bonds. The molecule has 1 atom stereocenters. The van der Waals surface area contributed by atoms with Gasteiger partial charge in [-0.25, -0.2) is 9.97 Å². The highest BCUT2D eigenvalue weighted by molar-refractivity contribution is 6.34. The van der Waals surface area contributed by atoms with Gasteiger partial charge in [0, 0.05) is 12.6 Å². The number of nitrogens with one attached hydrogen (secondary N) is 1. The first kappa shape index (κ1) is 19.6. The molecular weight excluding hydrogens is 409 g/mol. The fourth-order valence-corrected chi connectivity index (χ4v) is 2.96. The molecule has 2 heterocycles. The zero-order valence-corrected chi connectivity index (χ0v) is 16.6. The smallest absolute Gasteiger partial charge is 0.238 e. The summed E-state index contributed by atoms with van der Waals surface area (Å²) in [6.45, 7) is 2.48. The Morgan fingerprint density at radius 1 is 1.04 bits per heavy atom. The van der Waals surface area contributed by atoms with E-state index in [9.17, 15) is 0 Å². The van der Waals surface area contributed by atoms with Crippen LogP contribution >= 0.6 is 34.8 Å². The van der Waals surface area contributed by atoms with Gasteiger partial charge in [-0.3, -0.25) is 0 Å². The molecule has 0 aliphatic rings. The van der Waals surface area contributed by atoms with E-state index >= 15 is 0 Å². The molecule has 1 unspecified atom stereocenters. The Balaban J connectivity index is 1.55. The van der Waals surface area contributed by atoms with E-state index in [1.807, 2.05) is 31.2 Å². The third kappa shape index (κ3) is 5.42. The lowest BCUT2D eigenvalue weighted by molar-refractivity contribution is 0.455. The molecule has 3 rings (SSSR count). The molecule has 27 heavy (non-hydrogen) atoms. The van der Waals surface area contributed by atoms with Crippen LogP contribution in [0.4, 0.5) is 5.82 Å². The molecule has 0 aliphatic carbocycles. The van der Waals surface area contributed by atoms with E-state index in [2.05, 4.69) is 25.5 Å². The van der Waals surface area contributed by atoms with Crippen molar-refractivity contribution in [1.29, 1.82) is 0 Å². The van der Waals surface area contributed by atoms with Crippen molar-refractivity contribution in [3.63, 3.8) is 0 Å². The van der Waals surface area contributed by atoms with Gasteiger partial charge in [0.15, 0.2) is 5.15 Å². The van der Waals surface area contributed by atoms with Crippen LogP contribution in [-0.4, -0.2) is 26.7 Å². The molecule has 0 saturated carbocycles. The minimum absolute atomic E-state index is 0.279. The van der Waals surface area contributed by atoms with Crippen molar-refractivity contribution in [2.45, 2.75) is 18.7 Å². The molecule has 0 aliphatic heterocycles. The maximum Gasteiger partial charge on any atom is 0.238 e. The van der Waals surface area contributed by atoms with Gasteiger partial charge < -0.3 is 10.1 Å². The second-order valence-electron chi connectivity index (χ2n) is 5.65. The Kier molecular flexibility index (Phi) is 6.66. The average Bonchev–Trinajstić information content (AvgIpc) is 2.66. The Morgan fingerprint density at radius 2 is 1.81 bits per heavy atom. The number of ether oxygens (including phenoxy) is 1. The lowest BCUT2D eigenvalue weighted by Gasteiger charge is -2.11. The lowest BCUT2D eigenvalue weighted by atomic mass is 10.1. The van der Waals surface area contributed by atoms with Crippen LogP contribution in [0.2, 0.25) is 10.2 Å². The zero-order valence-electron chi connectivity index (χ0n) is 14.4. The summed E-state index contributed by atoms with van der Waals surface area (Å²) >= 11 is 18.1. The van der Waals surface area contributed by atoms with Gasteiger partial charge in [0.25, 0.3) is 0 Å². The quantitative estimate of drug-likeness (QED) is 0.517. The molecule has 1 N–H and O–H groups in total. The van der Waals surface area contributed by atoms with Crippen molar-refractivity contribution in [2.75, 3.05) is 11.9 Å². The number of rotatable bonds is 7. The van der Waals surface area contributed by atoms with E-state index in [1.54, 1.807) is 12.1 Å². The van der Waals surface area contributed by atoms with E-state index in [0.29, 0.717) is 39.9 Å². The van der Waals surface area contributed by atoms with Crippen molar-refractivity contribution in [3.05, 3.63) is 64.2 Å². The molecule has 9 heteroatoms. The largest absolute Gasteiger partial charge is 0.438 e. The summed E-state index contributed by atoms with van der Waals surface area (Å²) in [7, 11) is 0. The van der Waals surface area contributed by atoms with Crippen molar-refractivity contribution in [3.8, 4) is 11.6 Å². The number of halogens is 3. The van der Waals surface area contributed by atoms with Gasteiger partial charge in [-0.15, -0.1) is 21.8 Å². The predicted molar refractivity (Wildman–Crippen MR) is 107 cm³/mol. The van der Waals surface area contributed by atoms with E-state index in [-0.39, 0.29) is 5.38 Å². The van der Waals surface area contributed by atoms with Crippen LogP contribution in [0.15, 0.2) is 42.7 Å². The minimum Gasteiger partial charge on any atom is -0.438 e. The van der Waals surface area contributed by atoms with E-state index < -0.39 is 0 Å². The Bertz CT molecular complexity index is 889. The second kappa shape index (κ2) is 9.17. The van der Waals surface area contributed by atoms with Crippen molar-refractivity contribution >= 4 is 40.6 Å². The molecule has 0 radical (unpaired) electrons. The molecule has 1 aromatic carbocycles. The molecule has 2 aromatic heterocycles. The molecule has 0 fully saturated rings. The van der Waals surface area contributed by atoms with Crippen LogP contribution in [-0.2, 0) is 6.42 Å². The van der Waals surface area contributed by atoms with E-state index in [4.69, 9.17) is 39.5 Å². The SMILES string of the molecule is CC(Cl)c1ncnc(NCCc2ccc(Oc3ccc(Cl)nn3)cc2)c1Cl. The molecular formula is C18H16Cl3N5O. The van der Waals surface area contributed by atoms with Crippen LogP contribution < -0.4 is 10.1 Å². The summed E-state index contributed by atoms with van der Waals surface area (Å²) in [4.78, 5) is 8.27. The summed E-state index contributed by atoms with van der Waals surface area (Å²) < 4.78 is 5.62. The van der Waals surface area contributed by atoms with Crippen LogP contribution in [0.25, 0.3) is 0 Å². The highest BCUT2D eigenvalue weighted by Crippen LogP contribution is 2.29. The van der Waals surface area contributed by atoms with Crippen molar-refractivity contribution in [2.24, 2.45) is 0 Å². The number of anilines is 1. The fourth-order valence-electron chi connectivity index (χ4n) is 2.31. The standard InChI is InChI=1S/C18H16Cl3N5O/c1-11(19)17-16(21)18(24-10-23-17)22-9-8-12-2-4-13(5-3-12)27-15-7-6-14(20)25-26-15/h2-7,10-11H,8-9H2,1H3,(H,22,23,24). The molecule has 140 valence electrons. The maximum atomic E-state index is 6.29. The van der Waals surface area contributed by atoms with Crippen LogP contribution in [0.5, 0.6) is 11.6 Å². The molecule has 0 saturated heterocycles. The third-order valence-corrected chi connectivity index (χ3v) is 4.43. The maximum absolute atomic E-state index is 6.29. The van der Waals surface area contributed by atoms with Crippen LogP contribution in [0.3, 0.4) is 0 Å². The number of nitrogens with zero attached hydrogens (tertiary/aromatic N) is 4. The van der Waals surface area contributed by atoms with Crippen LogP contribution in [0, 0.1) is 0 Å². The number of hydrogen-bond donors (Lipinski definition) is 1. The van der Waals surface area contributed by atoms with Gasteiger partial charge in [-0.05, 0) is 37.1 Å². The summed E-state index contributed by atoms with van der Waals surface area (Å²) in [6.07, 6.45) is 2.24. The first-order chi connectivity index (χ1) is 13.0. The Labute approximate surface area is 171 Å². The number of aromatic nitrogens is 4. The fraction of sp³-hybridized carbons (Fsp3) is 0.222. The number of hydrogen-bond acceptors (Lipinski definition) is 6. The van der Waals surface area contributed by atoms with Crippen molar-refractivity contribution < 1.29 is 4.74 Å². The highest BCUT2D eigenvalue weighted by Gasteiger charge is 2.13. The van der Waals surface area contributed by atoms with E-state index in [0.717, 1.165) is 12.0 Å². The van der Waals surface area contributed by atoms with Gasteiger partial charge in [0.05, 0.1) is 11.1 Å². The minimum atomic E-state index is -0.279. The lowest BCUT2D eigenvalue weighted by Crippen LogP contribution is -2.08. The third-order valence-electron chi connectivity index (χ3n) is 3.65. The van der Waals surface area contributed by atoms with Gasteiger partial charge in [0.1, 0.15) is 22.9 Å². The monoisotopic (exact) mass is 423 g/mol. The highest BCUT2D eigenvalue weighted by atomic mass is 35.5. The predicted octanol–water partition coefficient (Wildman–Crippen LogP) is 5.32. The summed E-state index contributed by atoms with van der Waals surface area (Å²) in [6, 6.07) is 11.0. The van der Waals surface area contributed by atoms with Crippen LogP contribution in [0.1, 0.15) is 23.6 Å². The Morgan fingerprint density at radius 3 is 2.48 bits per heavy atom. The van der Waals surface area contributed by atoms with Gasteiger partial charge in [0.2, 0.25) is 5.88 Å². The summed E-state index contributed by atoms with van der Waals surface area (Å²) in [5.74, 6) is 1.63. The second-order valence-corrected chi connectivity index (χ2v) is 7.07. The van der Waals surface area contributed by atoms with Gasteiger partial charge in [-0.1, -0.05) is 35.3 Å². The number of alkyl halides is 1. The molecule has 0 spiro atoms. The summed E-state index contributed by atoms with van der Waals surface area (Å²) in [5, 5.41) is 11.3. The molecule has 6 nitrogen and oxygen atoms in total. The normalized spacial score (nSPS) is 11.9. The first-order valence-corrected chi connectivity index (χ1v) is 9.36. The van der Waals surface area contributed by atoms with Crippen molar-refractivity contribution in [1.82, 2.24) is 20.2 Å².